The summed E-state index contributed by atoms with van der Waals surface area (Å²) in [5.74, 6) is 0. The third-order valence-corrected chi connectivity index (χ3v) is 1.85. The summed E-state index contributed by atoms with van der Waals surface area (Å²) in [5.41, 5.74) is 1.14. The Labute approximate surface area is 78.1 Å². The first kappa shape index (κ1) is 10.1. The molecule has 0 amide bonds. The highest BCUT2D eigenvalue weighted by molar-refractivity contribution is 4.93. The van der Waals surface area contributed by atoms with Gasteiger partial charge in [-0.25, -0.2) is 0 Å². The molecule has 0 aliphatic carbocycles. The maximum absolute atomic E-state index is 4.91. The van der Waals surface area contributed by atoms with Crippen molar-refractivity contribution in [2.24, 2.45) is 7.05 Å². The molecule has 5 nitrogen and oxygen atoms in total. The summed E-state index contributed by atoms with van der Waals surface area (Å²) in [5, 5.41) is 10.9. The van der Waals surface area contributed by atoms with Crippen molar-refractivity contribution in [3.05, 3.63) is 11.9 Å². The average Bonchev–Trinajstić information content (AvgIpc) is 2.52. The molecule has 0 saturated heterocycles. The zero-order valence-corrected chi connectivity index (χ0v) is 8.16. The molecule has 1 heterocycles. The van der Waals surface area contributed by atoms with Crippen LogP contribution in [0.15, 0.2) is 6.20 Å². The average molecular weight is 184 g/mol. The predicted octanol–water partition coefficient (Wildman–Crippen LogP) is -0.406. The van der Waals surface area contributed by atoms with Gasteiger partial charge in [0, 0.05) is 33.7 Å². The van der Waals surface area contributed by atoms with Crippen LogP contribution in [0.5, 0.6) is 0 Å². The minimum atomic E-state index is 0.754. The van der Waals surface area contributed by atoms with Gasteiger partial charge in [0.1, 0.15) is 0 Å². The van der Waals surface area contributed by atoms with E-state index in [0.29, 0.717) is 0 Å². The van der Waals surface area contributed by atoms with Crippen LogP contribution in [0.4, 0.5) is 0 Å². The molecule has 1 aromatic heterocycles. The van der Waals surface area contributed by atoms with E-state index in [1.54, 1.807) is 18.0 Å². The molecule has 0 aromatic carbocycles. The van der Waals surface area contributed by atoms with Crippen molar-refractivity contribution in [1.29, 1.82) is 0 Å². The van der Waals surface area contributed by atoms with E-state index < -0.39 is 0 Å². The van der Waals surface area contributed by atoms with Gasteiger partial charge < -0.3 is 10.1 Å². The number of hydrogen-bond donors (Lipinski definition) is 1. The van der Waals surface area contributed by atoms with Crippen LogP contribution < -0.4 is 5.32 Å². The van der Waals surface area contributed by atoms with Crippen molar-refractivity contribution in [2.75, 3.05) is 26.8 Å². The van der Waals surface area contributed by atoms with E-state index in [1.807, 2.05) is 7.05 Å². The lowest BCUT2D eigenvalue weighted by molar-refractivity contribution is 0.199. The minimum absolute atomic E-state index is 0.754. The van der Waals surface area contributed by atoms with Crippen LogP contribution in [-0.4, -0.2) is 41.8 Å². The second kappa shape index (κ2) is 5.66. The summed E-state index contributed by atoms with van der Waals surface area (Å²) in [6, 6.07) is 0. The first-order chi connectivity index (χ1) is 6.34. The van der Waals surface area contributed by atoms with Crippen LogP contribution >= 0.6 is 0 Å². The molecule has 5 heteroatoms. The van der Waals surface area contributed by atoms with Gasteiger partial charge in [0.25, 0.3) is 0 Å². The Kier molecular flexibility index (Phi) is 4.42. The van der Waals surface area contributed by atoms with Gasteiger partial charge in [-0.15, -0.1) is 5.10 Å². The SMILES string of the molecule is COCCNCCc1cnnn1C. The van der Waals surface area contributed by atoms with Gasteiger partial charge in [0.15, 0.2) is 0 Å². The van der Waals surface area contributed by atoms with Gasteiger partial charge in [-0.05, 0) is 0 Å². The molecule has 74 valence electrons. The quantitative estimate of drug-likeness (QED) is 0.611. The molecule has 1 N–H and O–H groups in total. The highest BCUT2D eigenvalue weighted by atomic mass is 16.5. The number of aryl methyl sites for hydroxylation is 1. The van der Waals surface area contributed by atoms with Gasteiger partial charge in [0.2, 0.25) is 0 Å². The van der Waals surface area contributed by atoms with E-state index in [-0.39, 0.29) is 0 Å². The molecular formula is C8H16N4O. The van der Waals surface area contributed by atoms with Crippen molar-refractivity contribution < 1.29 is 4.74 Å². The Morgan fingerprint density at radius 2 is 2.38 bits per heavy atom. The first-order valence-corrected chi connectivity index (χ1v) is 4.38. The fraction of sp³-hybridized carbons (Fsp3) is 0.750. The van der Waals surface area contributed by atoms with E-state index >= 15 is 0 Å². The topological polar surface area (TPSA) is 52.0 Å². The van der Waals surface area contributed by atoms with Crippen molar-refractivity contribution in [3.63, 3.8) is 0 Å². The Morgan fingerprint density at radius 3 is 3.00 bits per heavy atom. The molecular weight excluding hydrogens is 168 g/mol. The summed E-state index contributed by atoms with van der Waals surface area (Å²) in [4.78, 5) is 0. The molecule has 0 fully saturated rings. The van der Waals surface area contributed by atoms with Crippen LogP contribution in [0.3, 0.4) is 0 Å². The van der Waals surface area contributed by atoms with Crippen LogP contribution in [0.25, 0.3) is 0 Å². The monoisotopic (exact) mass is 184 g/mol. The standard InChI is InChI=1S/C8H16N4O/c1-12-8(7-10-11-12)3-4-9-5-6-13-2/h7,9H,3-6H2,1-2H3. The van der Waals surface area contributed by atoms with Gasteiger partial charge in [-0.2, -0.15) is 0 Å². The molecule has 0 aliphatic rings. The van der Waals surface area contributed by atoms with Crippen LogP contribution in [0.2, 0.25) is 0 Å². The molecule has 0 bridgehead atoms. The predicted molar refractivity (Wildman–Crippen MR) is 49.5 cm³/mol. The summed E-state index contributed by atoms with van der Waals surface area (Å²) >= 11 is 0. The van der Waals surface area contributed by atoms with Gasteiger partial charge >= 0.3 is 0 Å². The first-order valence-electron chi connectivity index (χ1n) is 4.38. The van der Waals surface area contributed by atoms with E-state index in [0.717, 1.165) is 31.8 Å². The second-order valence-electron chi connectivity index (χ2n) is 2.84. The zero-order chi connectivity index (χ0) is 9.52. The molecule has 1 rings (SSSR count). The Bertz CT molecular complexity index is 236. The Morgan fingerprint density at radius 1 is 1.54 bits per heavy atom. The molecule has 0 saturated carbocycles. The number of methoxy groups -OCH3 is 1. The Hall–Kier alpha value is -0.940. The normalized spacial score (nSPS) is 10.6. The van der Waals surface area contributed by atoms with E-state index in [4.69, 9.17) is 4.74 Å². The minimum Gasteiger partial charge on any atom is -0.383 e. The number of ether oxygens (including phenoxy) is 1. The van der Waals surface area contributed by atoms with Crippen LogP contribution in [0.1, 0.15) is 5.69 Å². The Balaban J connectivity index is 2.10. The number of nitrogens with one attached hydrogen (secondary N) is 1. The molecule has 1 aromatic rings. The lowest BCUT2D eigenvalue weighted by Crippen LogP contribution is -2.22. The van der Waals surface area contributed by atoms with E-state index in [2.05, 4.69) is 15.6 Å². The van der Waals surface area contributed by atoms with E-state index in [1.165, 1.54) is 0 Å². The molecule has 13 heavy (non-hydrogen) atoms. The molecule has 0 aliphatic heterocycles. The summed E-state index contributed by atoms with van der Waals surface area (Å²) in [6.45, 7) is 2.58. The number of nitrogens with zero attached hydrogens (tertiary/aromatic N) is 3. The van der Waals surface area contributed by atoms with Crippen molar-refractivity contribution >= 4 is 0 Å². The molecule has 0 unspecified atom stereocenters. The second-order valence-corrected chi connectivity index (χ2v) is 2.84. The molecule has 0 atom stereocenters. The lowest BCUT2D eigenvalue weighted by Gasteiger charge is -2.03. The fourth-order valence-corrected chi connectivity index (χ4v) is 1.05. The highest BCUT2D eigenvalue weighted by Gasteiger charge is 1.97. The van der Waals surface area contributed by atoms with Crippen molar-refractivity contribution in [1.82, 2.24) is 20.3 Å². The molecule has 0 radical (unpaired) electrons. The summed E-state index contributed by atoms with van der Waals surface area (Å²) in [6.07, 6.45) is 2.74. The lowest BCUT2D eigenvalue weighted by atomic mass is 10.3. The van der Waals surface area contributed by atoms with Crippen molar-refractivity contribution in [3.8, 4) is 0 Å². The number of hydrogen-bond acceptors (Lipinski definition) is 4. The summed E-state index contributed by atoms with van der Waals surface area (Å²) < 4.78 is 6.70. The van der Waals surface area contributed by atoms with Gasteiger partial charge in [-0.3, -0.25) is 4.68 Å². The third-order valence-electron chi connectivity index (χ3n) is 1.85. The largest absolute Gasteiger partial charge is 0.383 e. The highest BCUT2D eigenvalue weighted by Crippen LogP contribution is 1.92. The van der Waals surface area contributed by atoms with Crippen LogP contribution in [-0.2, 0) is 18.2 Å². The molecule has 0 spiro atoms. The smallest absolute Gasteiger partial charge is 0.0725 e. The third kappa shape index (κ3) is 3.52. The maximum atomic E-state index is 4.91. The fourth-order valence-electron chi connectivity index (χ4n) is 1.05. The maximum Gasteiger partial charge on any atom is 0.0725 e. The number of aromatic nitrogens is 3. The van der Waals surface area contributed by atoms with Crippen LogP contribution in [0, 0.1) is 0 Å². The van der Waals surface area contributed by atoms with E-state index in [9.17, 15) is 0 Å². The van der Waals surface area contributed by atoms with Gasteiger partial charge in [0.05, 0.1) is 18.5 Å². The van der Waals surface area contributed by atoms with Gasteiger partial charge in [-0.1, -0.05) is 5.21 Å². The zero-order valence-electron chi connectivity index (χ0n) is 8.16. The summed E-state index contributed by atoms with van der Waals surface area (Å²) in [7, 11) is 3.60. The van der Waals surface area contributed by atoms with Crippen molar-refractivity contribution in [2.45, 2.75) is 6.42 Å². The number of rotatable bonds is 6.